The lowest BCUT2D eigenvalue weighted by molar-refractivity contribution is 0.0389. The minimum absolute atomic E-state index is 0.238. The standard InChI is InChI=1S/C15H28FNO3/c1-7-9-10-19-12(3)15(8-2,11-16)17-13(18)20-14(4,5)6/h3,7-11H2,1-2,4-6H3,(H,17,18). The van der Waals surface area contributed by atoms with E-state index in [4.69, 9.17) is 9.47 Å². The molecule has 0 bridgehead atoms. The van der Waals surface area contributed by atoms with E-state index in [1.54, 1.807) is 27.7 Å². The third-order valence-electron chi connectivity index (χ3n) is 2.88. The minimum Gasteiger partial charge on any atom is -0.496 e. The van der Waals surface area contributed by atoms with Gasteiger partial charge in [0.2, 0.25) is 0 Å². The maximum Gasteiger partial charge on any atom is 0.408 e. The molecule has 1 amide bonds. The molecule has 0 aromatic carbocycles. The fraction of sp³-hybridized carbons (Fsp3) is 0.800. The molecule has 5 heteroatoms. The Morgan fingerprint density at radius 1 is 1.30 bits per heavy atom. The van der Waals surface area contributed by atoms with Crippen molar-refractivity contribution in [1.29, 1.82) is 0 Å². The number of alkyl carbamates (subject to hydrolysis) is 1. The number of nitrogens with one attached hydrogen (secondary N) is 1. The van der Waals surface area contributed by atoms with E-state index in [1.807, 2.05) is 6.92 Å². The highest BCUT2D eigenvalue weighted by Crippen LogP contribution is 2.23. The van der Waals surface area contributed by atoms with Crippen molar-refractivity contribution in [2.75, 3.05) is 13.3 Å². The van der Waals surface area contributed by atoms with E-state index in [0.29, 0.717) is 13.0 Å². The summed E-state index contributed by atoms with van der Waals surface area (Å²) in [6, 6.07) is 0. The Kier molecular flexibility index (Phi) is 7.61. The number of carbonyl (C=O) groups excluding carboxylic acids is 1. The van der Waals surface area contributed by atoms with Crippen molar-refractivity contribution in [3.63, 3.8) is 0 Å². The molecule has 1 N–H and O–H groups in total. The van der Waals surface area contributed by atoms with Gasteiger partial charge >= 0.3 is 6.09 Å². The predicted octanol–water partition coefficient (Wildman–Crippen LogP) is 3.96. The second-order valence-electron chi connectivity index (χ2n) is 5.82. The van der Waals surface area contributed by atoms with Crippen molar-refractivity contribution in [2.45, 2.75) is 65.0 Å². The monoisotopic (exact) mass is 289 g/mol. The number of unbranched alkanes of at least 4 members (excludes halogenated alkanes) is 1. The van der Waals surface area contributed by atoms with Gasteiger partial charge in [-0.2, -0.15) is 0 Å². The molecule has 0 radical (unpaired) electrons. The van der Waals surface area contributed by atoms with Gasteiger partial charge in [0.15, 0.2) is 0 Å². The summed E-state index contributed by atoms with van der Waals surface area (Å²) in [4.78, 5) is 11.8. The molecule has 4 nitrogen and oxygen atoms in total. The Morgan fingerprint density at radius 3 is 2.30 bits per heavy atom. The lowest BCUT2D eigenvalue weighted by atomic mass is 9.96. The zero-order chi connectivity index (χ0) is 15.8. The zero-order valence-electron chi connectivity index (χ0n) is 13.3. The molecule has 0 rings (SSSR count). The van der Waals surface area contributed by atoms with Gasteiger partial charge < -0.3 is 14.8 Å². The molecule has 0 fully saturated rings. The third-order valence-corrected chi connectivity index (χ3v) is 2.88. The first kappa shape index (κ1) is 18.7. The van der Waals surface area contributed by atoms with E-state index >= 15 is 0 Å². The first-order chi connectivity index (χ1) is 9.20. The average Bonchev–Trinajstić information content (AvgIpc) is 2.34. The van der Waals surface area contributed by atoms with Crippen LogP contribution in [0, 0.1) is 0 Å². The lowest BCUT2D eigenvalue weighted by Gasteiger charge is -2.33. The van der Waals surface area contributed by atoms with E-state index in [-0.39, 0.29) is 5.76 Å². The number of halogens is 1. The van der Waals surface area contributed by atoms with E-state index < -0.39 is 23.9 Å². The van der Waals surface area contributed by atoms with Crippen molar-refractivity contribution in [3.8, 4) is 0 Å². The van der Waals surface area contributed by atoms with E-state index in [1.165, 1.54) is 0 Å². The van der Waals surface area contributed by atoms with Crippen molar-refractivity contribution in [3.05, 3.63) is 12.3 Å². The van der Waals surface area contributed by atoms with E-state index in [2.05, 4.69) is 11.9 Å². The highest BCUT2D eigenvalue weighted by atomic mass is 19.1. The van der Waals surface area contributed by atoms with Gasteiger partial charge in [0.25, 0.3) is 0 Å². The number of rotatable bonds is 8. The van der Waals surface area contributed by atoms with Gasteiger partial charge in [0.05, 0.1) is 6.61 Å². The largest absolute Gasteiger partial charge is 0.496 e. The molecule has 1 atom stereocenters. The summed E-state index contributed by atoms with van der Waals surface area (Å²) in [5, 5.41) is 2.55. The highest BCUT2D eigenvalue weighted by molar-refractivity contribution is 5.69. The fourth-order valence-electron chi connectivity index (χ4n) is 1.53. The Balaban J connectivity index is 4.74. The maximum atomic E-state index is 13.5. The molecule has 0 aliphatic rings. The van der Waals surface area contributed by atoms with Crippen LogP contribution in [0.4, 0.5) is 9.18 Å². The number of ether oxygens (including phenoxy) is 2. The first-order valence-corrected chi connectivity index (χ1v) is 7.10. The van der Waals surface area contributed by atoms with Crippen LogP contribution in [0.1, 0.15) is 53.9 Å². The molecule has 0 spiro atoms. The number of amides is 1. The van der Waals surface area contributed by atoms with E-state index in [9.17, 15) is 9.18 Å². The van der Waals surface area contributed by atoms with Gasteiger partial charge in [-0.15, -0.1) is 0 Å². The summed E-state index contributed by atoms with van der Waals surface area (Å²) in [7, 11) is 0. The predicted molar refractivity (Wildman–Crippen MR) is 78.4 cm³/mol. The van der Waals surface area contributed by atoms with E-state index in [0.717, 1.165) is 12.8 Å². The summed E-state index contributed by atoms with van der Waals surface area (Å²) >= 11 is 0. The van der Waals surface area contributed by atoms with Crippen molar-refractivity contribution < 1.29 is 18.7 Å². The Bertz CT molecular complexity index is 320. The molecule has 0 aliphatic carbocycles. The molecule has 0 aromatic rings. The topological polar surface area (TPSA) is 47.6 Å². The van der Waals surface area contributed by atoms with Crippen LogP contribution in [0.2, 0.25) is 0 Å². The van der Waals surface area contributed by atoms with Gasteiger partial charge in [0, 0.05) is 0 Å². The van der Waals surface area contributed by atoms with Crippen LogP contribution in [-0.4, -0.2) is 30.5 Å². The van der Waals surface area contributed by atoms with Crippen LogP contribution in [0.3, 0.4) is 0 Å². The molecule has 20 heavy (non-hydrogen) atoms. The lowest BCUT2D eigenvalue weighted by Crippen LogP contribution is -2.53. The summed E-state index contributed by atoms with van der Waals surface area (Å²) in [5.41, 5.74) is -1.86. The maximum absolute atomic E-state index is 13.5. The molecule has 0 heterocycles. The molecule has 118 valence electrons. The SMILES string of the molecule is C=C(OCCCC)C(CC)(CF)NC(=O)OC(C)(C)C. The van der Waals surface area contributed by atoms with Gasteiger partial charge in [0.1, 0.15) is 23.6 Å². The summed E-state index contributed by atoms with van der Waals surface area (Å²) < 4.78 is 24.1. The highest BCUT2D eigenvalue weighted by Gasteiger charge is 2.36. The van der Waals surface area contributed by atoms with Crippen molar-refractivity contribution >= 4 is 6.09 Å². The zero-order valence-corrected chi connectivity index (χ0v) is 13.3. The normalized spacial score (nSPS) is 14.3. The van der Waals surface area contributed by atoms with Crippen LogP contribution >= 0.6 is 0 Å². The van der Waals surface area contributed by atoms with Crippen LogP contribution < -0.4 is 5.32 Å². The summed E-state index contributed by atoms with van der Waals surface area (Å²) in [5.74, 6) is 0.238. The second-order valence-corrected chi connectivity index (χ2v) is 5.82. The minimum atomic E-state index is -1.23. The average molecular weight is 289 g/mol. The van der Waals surface area contributed by atoms with Crippen LogP contribution in [-0.2, 0) is 9.47 Å². The number of hydrogen-bond donors (Lipinski definition) is 1. The van der Waals surface area contributed by atoms with Crippen molar-refractivity contribution in [1.82, 2.24) is 5.32 Å². The number of hydrogen-bond acceptors (Lipinski definition) is 3. The van der Waals surface area contributed by atoms with Gasteiger partial charge in [-0.05, 0) is 33.6 Å². The summed E-state index contributed by atoms with van der Waals surface area (Å²) in [6.45, 7) is 12.5. The second kappa shape index (κ2) is 8.12. The van der Waals surface area contributed by atoms with Crippen LogP contribution in [0.15, 0.2) is 12.3 Å². The van der Waals surface area contributed by atoms with Gasteiger partial charge in [-0.3, -0.25) is 0 Å². The third kappa shape index (κ3) is 6.26. The Morgan fingerprint density at radius 2 is 1.90 bits per heavy atom. The Labute approximate surface area is 121 Å². The van der Waals surface area contributed by atoms with Crippen molar-refractivity contribution in [2.24, 2.45) is 0 Å². The Hall–Kier alpha value is -1.26. The molecule has 0 saturated heterocycles. The number of carbonyl (C=O) groups is 1. The van der Waals surface area contributed by atoms with Crippen LogP contribution in [0.25, 0.3) is 0 Å². The number of alkyl halides is 1. The molecular formula is C15H28FNO3. The molecule has 1 unspecified atom stereocenters. The molecule has 0 aliphatic heterocycles. The molecular weight excluding hydrogens is 261 g/mol. The summed E-state index contributed by atoms with van der Waals surface area (Å²) in [6.07, 6.45) is 1.50. The fourth-order valence-corrected chi connectivity index (χ4v) is 1.53. The smallest absolute Gasteiger partial charge is 0.408 e. The molecule has 0 saturated carbocycles. The first-order valence-electron chi connectivity index (χ1n) is 7.10. The van der Waals surface area contributed by atoms with Gasteiger partial charge in [-0.25, -0.2) is 9.18 Å². The quantitative estimate of drug-likeness (QED) is 0.543. The van der Waals surface area contributed by atoms with Crippen LogP contribution in [0.5, 0.6) is 0 Å². The molecule has 0 aromatic heterocycles. The van der Waals surface area contributed by atoms with Gasteiger partial charge in [-0.1, -0.05) is 26.8 Å².